The topological polar surface area (TPSA) is 46.1 Å². The van der Waals surface area contributed by atoms with Crippen LogP contribution in [0.1, 0.15) is 37.6 Å². The molecule has 0 aromatic carbocycles. The zero-order valence-electron chi connectivity index (χ0n) is 10.7. The largest absolute Gasteiger partial charge is 0.343 e. The van der Waals surface area contributed by atoms with E-state index in [0.717, 1.165) is 30.9 Å². The second-order valence-electron chi connectivity index (χ2n) is 4.92. The number of carbonyl (C=O) groups excluding carboxylic acids is 1. The van der Waals surface area contributed by atoms with Gasteiger partial charge >= 0.3 is 0 Å². The third kappa shape index (κ3) is 2.62. The molecule has 1 aromatic heterocycles. The second-order valence-corrected chi connectivity index (χ2v) is 4.92. The molecule has 17 heavy (non-hydrogen) atoms. The molecule has 92 valence electrons. The maximum absolute atomic E-state index is 11.3. The number of carbonyl (C=O) groups is 1. The lowest BCUT2D eigenvalue weighted by Crippen LogP contribution is -2.41. The minimum atomic E-state index is 0.172. The number of rotatable bonds is 1. The predicted octanol–water partition coefficient (Wildman–Crippen LogP) is 1.76. The standard InChI is InChI=1S/C13H19N3O/c1-9-8-16(11(3)17)5-4-12(9)13-7-14-6-10(2)15-13/h6-7,9,12H,4-5,8H2,1-3H3. The molecule has 2 rings (SSSR count). The van der Waals surface area contributed by atoms with Crippen LogP contribution in [0.3, 0.4) is 0 Å². The van der Waals surface area contributed by atoms with Gasteiger partial charge in [-0.1, -0.05) is 6.92 Å². The number of hydrogen-bond acceptors (Lipinski definition) is 3. The highest BCUT2D eigenvalue weighted by Gasteiger charge is 2.29. The lowest BCUT2D eigenvalue weighted by molar-refractivity contribution is -0.130. The van der Waals surface area contributed by atoms with Crippen LogP contribution in [-0.2, 0) is 4.79 Å². The van der Waals surface area contributed by atoms with E-state index in [-0.39, 0.29) is 5.91 Å². The van der Waals surface area contributed by atoms with E-state index in [1.54, 1.807) is 13.1 Å². The Bertz CT molecular complexity index is 419. The van der Waals surface area contributed by atoms with Crippen molar-refractivity contribution in [3.63, 3.8) is 0 Å². The van der Waals surface area contributed by atoms with Crippen LogP contribution in [0.15, 0.2) is 12.4 Å². The molecule has 0 bridgehead atoms. The fourth-order valence-corrected chi connectivity index (χ4v) is 2.53. The molecule has 1 aliphatic heterocycles. The molecular formula is C13H19N3O. The molecule has 0 radical (unpaired) electrons. The maximum atomic E-state index is 11.3. The third-order valence-corrected chi connectivity index (χ3v) is 3.50. The van der Waals surface area contributed by atoms with Crippen LogP contribution in [0, 0.1) is 12.8 Å². The molecule has 4 heteroatoms. The fraction of sp³-hybridized carbons (Fsp3) is 0.615. The number of amides is 1. The summed E-state index contributed by atoms with van der Waals surface area (Å²) >= 11 is 0. The van der Waals surface area contributed by atoms with Crippen LogP contribution in [0.4, 0.5) is 0 Å². The molecule has 0 N–H and O–H groups in total. The number of piperidine rings is 1. The van der Waals surface area contributed by atoms with Gasteiger partial charge in [0.1, 0.15) is 0 Å². The number of nitrogens with zero attached hydrogens (tertiary/aromatic N) is 3. The normalized spacial score (nSPS) is 24.8. The van der Waals surface area contributed by atoms with Crippen LogP contribution in [0.25, 0.3) is 0 Å². The van der Waals surface area contributed by atoms with Crippen molar-refractivity contribution in [2.45, 2.75) is 33.1 Å². The number of hydrogen-bond donors (Lipinski definition) is 0. The second kappa shape index (κ2) is 4.82. The molecule has 1 aliphatic rings. The Kier molecular flexibility index (Phi) is 3.41. The van der Waals surface area contributed by atoms with Gasteiger partial charge in [0.05, 0.1) is 11.4 Å². The van der Waals surface area contributed by atoms with E-state index in [9.17, 15) is 4.79 Å². The van der Waals surface area contributed by atoms with Gasteiger partial charge in [-0.15, -0.1) is 0 Å². The van der Waals surface area contributed by atoms with Crippen molar-refractivity contribution in [1.82, 2.24) is 14.9 Å². The smallest absolute Gasteiger partial charge is 0.219 e. The van der Waals surface area contributed by atoms with Gasteiger partial charge in [-0.05, 0) is 19.3 Å². The van der Waals surface area contributed by atoms with Crippen LogP contribution < -0.4 is 0 Å². The summed E-state index contributed by atoms with van der Waals surface area (Å²) in [5, 5.41) is 0. The van der Waals surface area contributed by atoms with Crippen molar-refractivity contribution in [1.29, 1.82) is 0 Å². The Balaban J connectivity index is 2.12. The van der Waals surface area contributed by atoms with Crippen molar-refractivity contribution in [2.75, 3.05) is 13.1 Å². The van der Waals surface area contributed by atoms with Gasteiger partial charge < -0.3 is 4.90 Å². The monoisotopic (exact) mass is 233 g/mol. The molecule has 1 saturated heterocycles. The Labute approximate surface area is 102 Å². The molecule has 2 heterocycles. The number of likely N-dealkylation sites (tertiary alicyclic amines) is 1. The summed E-state index contributed by atoms with van der Waals surface area (Å²) in [6, 6.07) is 0. The van der Waals surface area contributed by atoms with Gasteiger partial charge in [0, 0.05) is 38.3 Å². The first kappa shape index (κ1) is 12.0. The van der Waals surface area contributed by atoms with Gasteiger partial charge in [-0.25, -0.2) is 0 Å². The predicted molar refractivity (Wildman–Crippen MR) is 65.5 cm³/mol. The molecular weight excluding hydrogens is 214 g/mol. The molecule has 0 aliphatic carbocycles. The van der Waals surface area contributed by atoms with E-state index >= 15 is 0 Å². The molecule has 2 unspecified atom stereocenters. The lowest BCUT2D eigenvalue weighted by Gasteiger charge is -2.36. The molecule has 1 amide bonds. The van der Waals surface area contributed by atoms with Gasteiger partial charge in [0.2, 0.25) is 5.91 Å². The minimum Gasteiger partial charge on any atom is -0.343 e. The minimum absolute atomic E-state index is 0.172. The summed E-state index contributed by atoms with van der Waals surface area (Å²) in [5.74, 6) is 1.05. The quantitative estimate of drug-likeness (QED) is 0.742. The average Bonchev–Trinajstić information content (AvgIpc) is 2.28. The Morgan fingerprint density at radius 2 is 2.24 bits per heavy atom. The van der Waals surface area contributed by atoms with Crippen molar-refractivity contribution >= 4 is 5.91 Å². The summed E-state index contributed by atoms with van der Waals surface area (Å²) < 4.78 is 0. The summed E-state index contributed by atoms with van der Waals surface area (Å²) in [4.78, 5) is 22.0. The Hall–Kier alpha value is -1.45. The molecule has 0 saturated carbocycles. The van der Waals surface area contributed by atoms with Gasteiger partial charge in [0.15, 0.2) is 0 Å². The highest BCUT2D eigenvalue weighted by molar-refractivity contribution is 5.73. The molecule has 1 fully saturated rings. The first-order valence-electron chi connectivity index (χ1n) is 6.12. The zero-order valence-corrected chi connectivity index (χ0v) is 10.7. The van der Waals surface area contributed by atoms with E-state index in [1.807, 2.05) is 18.0 Å². The van der Waals surface area contributed by atoms with Gasteiger partial charge in [0.25, 0.3) is 0 Å². The molecule has 0 spiro atoms. The van der Waals surface area contributed by atoms with Crippen LogP contribution in [-0.4, -0.2) is 33.9 Å². The van der Waals surface area contributed by atoms with Crippen molar-refractivity contribution < 1.29 is 4.79 Å². The maximum Gasteiger partial charge on any atom is 0.219 e. The third-order valence-electron chi connectivity index (χ3n) is 3.50. The SMILES string of the molecule is CC(=O)N1CCC(c2cncc(C)n2)C(C)C1. The summed E-state index contributed by atoms with van der Waals surface area (Å²) in [5.41, 5.74) is 2.03. The first-order chi connectivity index (χ1) is 8.08. The summed E-state index contributed by atoms with van der Waals surface area (Å²) in [6.07, 6.45) is 4.62. The molecule has 2 atom stereocenters. The van der Waals surface area contributed by atoms with Crippen LogP contribution >= 0.6 is 0 Å². The van der Waals surface area contributed by atoms with Gasteiger partial charge in [-0.3, -0.25) is 14.8 Å². The Morgan fingerprint density at radius 3 is 2.82 bits per heavy atom. The summed E-state index contributed by atoms with van der Waals surface area (Å²) in [7, 11) is 0. The van der Waals surface area contributed by atoms with Crippen LogP contribution in [0.2, 0.25) is 0 Å². The first-order valence-corrected chi connectivity index (χ1v) is 6.12. The number of aryl methyl sites for hydroxylation is 1. The fourth-order valence-electron chi connectivity index (χ4n) is 2.53. The van der Waals surface area contributed by atoms with Crippen molar-refractivity contribution in [3.8, 4) is 0 Å². The molecule has 1 aromatic rings. The zero-order chi connectivity index (χ0) is 12.4. The van der Waals surface area contributed by atoms with Gasteiger partial charge in [-0.2, -0.15) is 0 Å². The highest BCUT2D eigenvalue weighted by Crippen LogP contribution is 2.31. The molecule has 4 nitrogen and oxygen atoms in total. The lowest BCUT2D eigenvalue weighted by atomic mass is 9.84. The highest BCUT2D eigenvalue weighted by atomic mass is 16.2. The summed E-state index contributed by atoms with van der Waals surface area (Å²) in [6.45, 7) is 7.45. The Morgan fingerprint density at radius 1 is 1.47 bits per heavy atom. The van der Waals surface area contributed by atoms with E-state index in [4.69, 9.17) is 0 Å². The average molecular weight is 233 g/mol. The van der Waals surface area contributed by atoms with Crippen molar-refractivity contribution in [2.24, 2.45) is 5.92 Å². The van der Waals surface area contributed by atoms with Crippen LogP contribution in [0.5, 0.6) is 0 Å². The van der Waals surface area contributed by atoms with Crippen molar-refractivity contribution in [3.05, 3.63) is 23.8 Å². The van der Waals surface area contributed by atoms with E-state index in [0.29, 0.717) is 11.8 Å². The van der Waals surface area contributed by atoms with E-state index in [2.05, 4.69) is 16.9 Å². The van der Waals surface area contributed by atoms with E-state index < -0.39 is 0 Å². The van der Waals surface area contributed by atoms with E-state index in [1.165, 1.54) is 0 Å². The number of aromatic nitrogens is 2.